The molecule has 2 aromatic carbocycles. The Bertz CT molecular complexity index is 933. The predicted octanol–water partition coefficient (Wildman–Crippen LogP) is 4.44. The highest BCUT2D eigenvalue weighted by molar-refractivity contribution is 7.98. The molecule has 7 heteroatoms. The third-order valence-corrected chi connectivity index (χ3v) is 4.76. The third kappa shape index (κ3) is 3.42. The smallest absolute Gasteiger partial charge is 0.191 e. The molecule has 0 aliphatic rings. The number of rotatable bonds is 4. The van der Waals surface area contributed by atoms with E-state index >= 15 is 0 Å². The van der Waals surface area contributed by atoms with Crippen molar-refractivity contribution in [2.45, 2.75) is 10.9 Å². The summed E-state index contributed by atoms with van der Waals surface area (Å²) in [5, 5.41) is 18.7. The predicted molar refractivity (Wildman–Crippen MR) is 92.1 cm³/mol. The fraction of sp³-hybridized carbons (Fsp3) is 0.118. The number of thioether (sulfide) groups is 1. The minimum atomic E-state index is -0.506. The van der Waals surface area contributed by atoms with Crippen LogP contribution in [0.2, 0.25) is 5.02 Å². The lowest BCUT2D eigenvalue weighted by atomic mass is 10.1. The molecule has 0 aliphatic carbocycles. The normalized spacial score (nSPS) is 10.6. The van der Waals surface area contributed by atoms with Crippen LogP contribution in [-0.2, 0) is 12.8 Å². The molecule has 24 heavy (non-hydrogen) atoms. The van der Waals surface area contributed by atoms with E-state index in [1.165, 1.54) is 17.8 Å². The van der Waals surface area contributed by atoms with Crippen molar-refractivity contribution in [3.05, 3.63) is 64.4 Å². The summed E-state index contributed by atoms with van der Waals surface area (Å²) in [5.74, 6) is 0.779. The van der Waals surface area contributed by atoms with E-state index in [2.05, 4.69) is 10.2 Å². The molecule has 0 saturated heterocycles. The van der Waals surface area contributed by atoms with Crippen molar-refractivity contribution in [1.29, 1.82) is 5.26 Å². The zero-order chi connectivity index (χ0) is 17.1. The summed E-state index contributed by atoms with van der Waals surface area (Å²) in [6, 6.07) is 13.8. The molecule has 120 valence electrons. The first-order valence-corrected chi connectivity index (χ1v) is 8.41. The summed E-state index contributed by atoms with van der Waals surface area (Å²) in [6.45, 7) is 0. The molecule has 0 unspecified atom stereocenters. The van der Waals surface area contributed by atoms with Gasteiger partial charge in [0.1, 0.15) is 11.9 Å². The molecule has 0 radical (unpaired) electrons. The average Bonchev–Trinajstić information content (AvgIpc) is 2.95. The summed E-state index contributed by atoms with van der Waals surface area (Å²) in [7, 11) is 1.88. The van der Waals surface area contributed by atoms with Gasteiger partial charge in [-0.05, 0) is 29.8 Å². The fourth-order valence-electron chi connectivity index (χ4n) is 2.22. The van der Waals surface area contributed by atoms with Crippen LogP contribution >= 0.6 is 23.4 Å². The lowest BCUT2D eigenvalue weighted by Crippen LogP contribution is -1.95. The van der Waals surface area contributed by atoms with Gasteiger partial charge in [0, 0.05) is 23.4 Å². The van der Waals surface area contributed by atoms with Crippen LogP contribution in [-0.4, -0.2) is 14.8 Å². The van der Waals surface area contributed by atoms with Crippen molar-refractivity contribution in [3.8, 4) is 17.5 Å². The third-order valence-electron chi connectivity index (χ3n) is 3.44. The maximum absolute atomic E-state index is 13.4. The zero-order valence-corrected chi connectivity index (χ0v) is 14.3. The fourth-order valence-corrected chi connectivity index (χ4v) is 3.26. The van der Waals surface area contributed by atoms with Gasteiger partial charge in [0.2, 0.25) is 0 Å². The first-order chi connectivity index (χ1) is 11.6. The van der Waals surface area contributed by atoms with Crippen LogP contribution in [0.3, 0.4) is 0 Å². The van der Waals surface area contributed by atoms with Crippen molar-refractivity contribution in [2.75, 3.05) is 0 Å². The minimum Gasteiger partial charge on any atom is -0.305 e. The number of hydrogen-bond acceptors (Lipinski definition) is 4. The molecule has 0 N–H and O–H groups in total. The monoisotopic (exact) mass is 358 g/mol. The van der Waals surface area contributed by atoms with Crippen LogP contribution in [0.1, 0.15) is 11.1 Å². The summed E-state index contributed by atoms with van der Waals surface area (Å²) >= 11 is 7.49. The maximum Gasteiger partial charge on any atom is 0.191 e. The highest BCUT2D eigenvalue weighted by atomic mass is 35.5. The van der Waals surface area contributed by atoms with Crippen LogP contribution in [0.4, 0.5) is 4.39 Å². The van der Waals surface area contributed by atoms with Crippen molar-refractivity contribution in [2.24, 2.45) is 7.05 Å². The number of hydrogen-bond donors (Lipinski definition) is 0. The second-order valence-electron chi connectivity index (χ2n) is 5.09. The number of benzene rings is 2. The van der Waals surface area contributed by atoms with Gasteiger partial charge in [-0.2, -0.15) is 5.26 Å². The molecule has 0 spiro atoms. The molecule has 0 amide bonds. The number of nitrogens with zero attached hydrogens (tertiary/aromatic N) is 4. The number of aromatic nitrogens is 3. The summed E-state index contributed by atoms with van der Waals surface area (Å²) < 4.78 is 15.2. The van der Waals surface area contributed by atoms with Crippen LogP contribution in [0.25, 0.3) is 11.4 Å². The molecule has 0 aliphatic heterocycles. The van der Waals surface area contributed by atoms with Crippen molar-refractivity contribution in [1.82, 2.24) is 14.8 Å². The summed E-state index contributed by atoms with van der Waals surface area (Å²) in [4.78, 5) is 0. The SMILES string of the molecule is Cn1c(SCc2ccc(F)c(C#N)c2)nnc1-c1cccc(Cl)c1. The first kappa shape index (κ1) is 16.5. The van der Waals surface area contributed by atoms with Crippen LogP contribution in [0.15, 0.2) is 47.6 Å². The van der Waals surface area contributed by atoms with Gasteiger partial charge < -0.3 is 4.57 Å². The summed E-state index contributed by atoms with van der Waals surface area (Å²) in [6.07, 6.45) is 0. The highest BCUT2D eigenvalue weighted by Gasteiger charge is 2.12. The van der Waals surface area contributed by atoms with E-state index in [0.29, 0.717) is 10.8 Å². The van der Waals surface area contributed by atoms with Gasteiger partial charge in [0.05, 0.1) is 5.56 Å². The van der Waals surface area contributed by atoms with Crippen molar-refractivity contribution < 1.29 is 4.39 Å². The van der Waals surface area contributed by atoms with E-state index in [0.717, 1.165) is 22.1 Å². The molecule has 1 aromatic heterocycles. The van der Waals surface area contributed by atoms with Crippen LogP contribution in [0.5, 0.6) is 0 Å². The molecule has 3 aromatic rings. The Labute approximate surface area is 147 Å². The van der Waals surface area contributed by atoms with Gasteiger partial charge in [-0.3, -0.25) is 0 Å². The molecule has 1 heterocycles. The molecule has 0 atom stereocenters. The Kier molecular flexibility index (Phi) is 4.84. The van der Waals surface area contributed by atoms with E-state index in [1.807, 2.05) is 35.9 Å². The molecule has 0 fully saturated rings. The van der Waals surface area contributed by atoms with Gasteiger partial charge >= 0.3 is 0 Å². The van der Waals surface area contributed by atoms with Crippen molar-refractivity contribution >= 4 is 23.4 Å². The Balaban J connectivity index is 1.79. The zero-order valence-electron chi connectivity index (χ0n) is 12.7. The first-order valence-electron chi connectivity index (χ1n) is 7.05. The second kappa shape index (κ2) is 7.04. The lowest BCUT2D eigenvalue weighted by molar-refractivity contribution is 0.623. The Hall–Kier alpha value is -2.36. The second-order valence-corrected chi connectivity index (χ2v) is 6.47. The van der Waals surface area contributed by atoms with Gasteiger partial charge in [0.15, 0.2) is 11.0 Å². The Morgan fingerprint density at radius 1 is 1.25 bits per heavy atom. The van der Waals surface area contributed by atoms with Crippen LogP contribution in [0, 0.1) is 17.1 Å². The van der Waals surface area contributed by atoms with Gasteiger partial charge in [-0.15, -0.1) is 10.2 Å². The standard InChI is InChI=1S/C17H12ClFN4S/c1-23-16(12-3-2-4-14(18)8-12)21-22-17(23)24-10-11-5-6-15(19)13(7-11)9-20/h2-8H,10H2,1H3. The molecule has 4 nitrogen and oxygen atoms in total. The topological polar surface area (TPSA) is 54.5 Å². The number of nitriles is 1. The molecule has 0 saturated carbocycles. The minimum absolute atomic E-state index is 0.0469. The number of halogens is 2. The molecular formula is C17H12ClFN4S. The van der Waals surface area contributed by atoms with E-state index in [4.69, 9.17) is 16.9 Å². The average molecular weight is 359 g/mol. The van der Waals surface area contributed by atoms with E-state index in [1.54, 1.807) is 18.2 Å². The van der Waals surface area contributed by atoms with E-state index in [9.17, 15) is 4.39 Å². The van der Waals surface area contributed by atoms with E-state index < -0.39 is 5.82 Å². The van der Waals surface area contributed by atoms with E-state index in [-0.39, 0.29) is 5.56 Å². The molecular weight excluding hydrogens is 347 g/mol. The van der Waals surface area contributed by atoms with Gasteiger partial charge in [-0.25, -0.2) is 4.39 Å². The van der Waals surface area contributed by atoms with Gasteiger partial charge in [-0.1, -0.05) is 41.6 Å². The Morgan fingerprint density at radius 2 is 2.08 bits per heavy atom. The quantitative estimate of drug-likeness (QED) is 0.647. The maximum atomic E-state index is 13.4. The van der Waals surface area contributed by atoms with Gasteiger partial charge in [0.25, 0.3) is 0 Å². The van der Waals surface area contributed by atoms with Crippen LogP contribution < -0.4 is 0 Å². The molecule has 3 rings (SSSR count). The highest BCUT2D eigenvalue weighted by Crippen LogP contribution is 2.27. The lowest BCUT2D eigenvalue weighted by Gasteiger charge is -2.05. The van der Waals surface area contributed by atoms with Crippen molar-refractivity contribution in [3.63, 3.8) is 0 Å². The Morgan fingerprint density at radius 3 is 2.83 bits per heavy atom. The summed E-state index contributed by atoms with van der Waals surface area (Å²) in [5.41, 5.74) is 1.79. The molecule has 0 bridgehead atoms. The largest absolute Gasteiger partial charge is 0.305 e.